The number of hydrogen-bond acceptors (Lipinski definition) is 4. The molecule has 0 atom stereocenters. The summed E-state index contributed by atoms with van der Waals surface area (Å²) in [7, 11) is -3.72. The van der Waals surface area contributed by atoms with Crippen molar-refractivity contribution in [2.24, 2.45) is 5.14 Å². The molecule has 0 aliphatic carbocycles. The van der Waals surface area contributed by atoms with Crippen LogP contribution in [0.5, 0.6) is 0 Å². The van der Waals surface area contributed by atoms with Crippen LogP contribution in [-0.2, 0) is 21.4 Å². The predicted octanol–water partition coefficient (Wildman–Crippen LogP) is -0.00200. The van der Waals surface area contributed by atoms with Crippen LogP contribution in [0.2, 0.25) is 0 Å². The lowest BCUT2D eigenvalue weighted by molar-refractivity contribution is -0.137. The summed E-state index contributed by atoms with van der Waals surface area (Å²) >= 11 is 0. The quantitative estimate of drug-likeness (QED) is 0.524. The Morgan fingerprint density at radius 2 is 1.76 bits per heavy atom. The van der Waals surface area contributed by atoms with Crippen molar-refractivity contribution in [3.63, 3.8) is 0 Å². The molecule has 0 aliphatic rings. The minimum absolute atomic E-state index is 0.00405. The zero-order chi connectivity index (χ0) is 15.9. The topological polar surface area (TPSA) is 139 Å². The van der Waals surface area contributed by atoms with Gasteiger partial charge in [0.15, 0.2) is 0 Å². The average Bonchev–Trinajstić information content (AvgIpc) is 2.40. The number of amides is 2. The van der Waals surface area contributed by atoms with Crippen LogP contribution in [0.4, 0.5) is 4.79 Å². The highest BCUT2D eigenvalue weighted by Gasteiger charge is 2.07. The maximum absolute atomic E-state index is 11.4. The van der Waals surface area contributed by atoms with Gasteiger partial charge in [-0.2, -0.15) is 0 Å². The second-order valence-electron chi connectivity index (χ2n) is 4.30. The molecule has 0 heterocycles. The van der Waals surface area contributed by atoms with Crippen LogP contribution in [0.15, 0.2) is 29.2 Å². The number of carboxylic acids is 1. The third-order valence-electron chi connectivity index (χ3n) is 2.56. The monoisotopic (exact) mass is 315 g/mol. The smallest absolute Gasteiger partial charge is 0.315 e. The van der Waals surface area contributed by atoms with Crippen LogP contribution in [0.25, 0.3) is 0 Å². The highest BCUT2D eigenvalue weighted by molar-refractivity contribution is 7.89. The lowest BCUT2D eigenvalue weighted by Gasteiger charge is -2.07. The molecule has 2 amide bonds. The molecule has 1 aromatic carbocycles. The zero-order valence-electron chi connectivity index (χ0n) is 11.2. The van der Waals surface area contributed by atoms with Gasteiger partial charge < -0.3 is 15.7 Å². The van der Waals surface area contributed by atoms with Crippen LogP contribution in [-0.4, -0.2) is 32.1 Å². The van der Waals surface area contributed by atoms with Gasteiger partial charge in [0.1, 0.15) is 0 Å². The highest BCUT2D eigenvalue weighted by atomic mass is 32.2. The van der Waals surface area contributed by atoms with E-state index in [2.05, 4.69) is 10.6 Å². The fourth-order valence-corrected chi connectivity index (χ4v) is 2.00. The number of carbonyl (C=O) groups is 2. The van der Waals surface area contributed by atoms with Gasteiger partial charge in [-0.25, -0.2) is 18.4 Å². The van der Waals surface area contributed by atoms with Crippen molar-refractivity contribution in [1.82, 2.24) is 10.6 Å². The van der Waals surface area contributed by atoms with Gasteiger partial charge in [-0.05, 0) is 24.1 Å². The van der Waals surface area contributed by atoms with Crippen molar-refractivity contribution in [2.45, 2.75) is 24.3 Å². The number of primary sulfonamides is 1. The molecule has 0 spiro atoms. The van der Waals surface area contributed by atoms with Gasteiger partial charge >= 0.3 is 12.0 Å². The minimum Gasteiger partial charge on any atom is -0.481 e. The van der Waals surface area contributed by atoms with E-state index in [4.69, 9.17) is 10.2 Å². The van der Waals surface area contributed by atoms with Crippen molar-refractivity contribution in [3.8, 4) is 0 Å². The fourth-order valence-electron chi connectivity index (χ4n) is 1.48. The number of sulfonamides is 1. The molecule has 0 saturated carbocycles. The Morgan fingerprint density at radius 3 is 2.29 bits per heavy atom. The summed E-state index contributed by atoms with van der Waals surface area (Å²) in [5.74, 6) is -0.910. The van der Waals surface area contributed by atoms with E-state index in [9.17, 15) is 18.0 Å². The molecule has 116 valence electrons. The predicted molar refractivity (Wildman–Crippen MR) is 74.9 cm³/mol. The molecular formula is C12H17N3O5S. The third kappa shape index (κ3) is 6.72. The number of carboxylic acid groups (broad SMARTS) is 1. The second-order valence-corrected chi connectivity index (χ2v) is 5.86. The van der Waals surface area contributed by atoms with E-state index < -0.39 is 22.0 Å². The maximum Gasteiger partial charge on any atom is 0.315 e. The van der Waals surface area contributed by atoms with E-state index in [1.165, 1.54) is 12.1 Å². The molecule has 0 unspecified atom stereocenters. The van der Waals surface area contributed by atoms with Gasteiger partial charge in [0.05, 0.1) is 4.90 Å². The molecule has 21 heavy (non-hydrogen) atoms. The molecule has 1 rings (SSSR count). The fraction of sp³-hybridized carbons (Fsp3) is 0.333. The molecule has 0 aromatic heterocycles. The SMILES string of the molecule is NS(=O)(=O)c1ccc(CNC(=O)NCCCC(=O)O)cc1. The number of nitrogens with two attached hydrogens (primary N) is 1. The average molecular weight is 315 g/mol. The molecule has 0 bridgehead atoms. The molecule has 1 aromatic rings. The number of nitrogens with one attached hydrogen (secondary N) is 2. The number of rotatable bonds is 7. The number of aliphatic carboxylic acids is 1. The first-order valence-corrected chi connectivity index (χ1v) is 7.69. The van der Waals surface area contributed by atoms with Gasteiger partial charge in [0.25, 0.3) is 0 Å². The summed E-state index contributed by atoms with van der Waals surface area (Å²) in [6.07, 6.45) is 0.348. The van der Waals surface area contributed by atoms with E-state index in [0.717, 1.165) is 0 Å². The van der Waals surface area contributed by atoms with Gasteiger partial charge in [-0.15, -0.1) is 0 Å². The second kappa shape index (κ2) is 7.60. The van der Waals surface area contributed by atoms with E-state index in [-0.39, 0.29) is 24.4 Å². The summed E-state index contributed by atoms with van der Waals surface area (Å²) in [5, 5.41) is 18.5. The molecular weight excluding hydrogens is 298 g/mol. The lowest BCUT2D eigenvalue weighted by Crippen LogP contribution is -2.35. The normalized spacial score (nSPS) is 10.9. The Hall–Kier alpha value is -2.13. The first kappa shape index (κ1) is 16.9. The van der Waals surface area contributed by atoms with Crippen LogP contribution in [0.3, 0.4) is 0 Å². The van der Waals surface area contributed by atoms with Crippen molar-refractivity contribution >= 4 is 22.0 Å². The number of benzene rings is 1. The van der Waals surface area contributed by atoms with Crippen LogP contribution >= 0.6 is 0 Å². The van der Waals surface area contributed by atoms with E-state index in [1.54, 1.807) is 12.1 Å². The van der Waals surface area contributed by atoms with Crippen LogP contribution in [0.1, 0.15) is 18.4 Å². The van der Waals surface area contributed by atoms with Gasteiger partial charge in [0.2, 0.25) is 10.0 Å². The Kier molecular flexibility index (Phi) is 6.12. The molecule has 9 heteroatoms. The molecule has 8 nitrogen and oxygen atoms in total. The maximum atomic E-state index is 11.4. The summed E-state index contributed by atoms with van der Waals surface area (Å²) < 4.78 is 22.1. The molecule has 0 saturated heterocycles. The summed E-state index contributed by atoms with van der Waals surface area (Å²) in [5.41, 5.74) is 0.711. The standard InChI is InChI=1S/C12H17N3O5S/c13-21(19,20)10-5-3-9(4-6-10)8-15-12(18)14-7-1-2-11(16)17/h3-6H,1-2,7-8H2,(H,16,17)(H2,13,19,20)(H2,14,15,18). The third-order valence-corrected chi connectivity index (χ3v) is 3.49. The largest absolute Gasteiger partial charge is 0.481 e. The van der Waals surface area contributed by atoms with Crippen LogP contribution in [0, 0.1) is 0 Å². The number of hydrogen-bond donors (Lipinski definition) is 4. The molecule has 5 N–H and O–H groups in total. The van der Waals surface area contributed by atoms with E-state index in [0.29, 0.717) is 12.0 Å². The minimum atomic E-state index is -3.72. The Labute approximate surface area is 122 Å². The number of carbonyl (C=O) groups excluding carboxylic acids is 1. The van der Waals surface area contributed by atoms with Crippen molar-refractivity contribution in [1.29, 1.82) is 0 Å². The van der Waals surface area contributed by atoms with Gasteiger partial charge in [-0.1, -0.05) is 12.1 Å². The van der Waals surface area contributed by atoms with E-state index >= 15 is 0 Å². The first-order valence-electron chi connectivity index (χ1n) is 6.14. The summed E-state index contributed by atoms with van der Waals surface area (Å²) in [4.78, 5) is 21.7. The lowest BCUT2D eigenvalue weighted by atomic mass is 10.2. The Morgan fingerprint density at radius 1 is 1.14 bits per heavy atom. The van der Waals surface area contributed by atoms with Crippen molar-refractivity contribution in [2.75, 3.05) is 6.54 Å². The Bertz CT molecular complexity index is 598. The first-order chi connectivity index (χ1) is 9.79. The molecule has 0 fully saturated rings. The summed E-state index contributed by atoms with van der Waals surface area (Å²) in [6, 6.07) is 5.39. The van der Waals surface area contributed by atoms with Crippen LogP contribution < -0.4 is 15.8 Å². The highest BCUT2D eigenvalue weighted by Crippen LogP contribution is 2.08. The molecule has 0 aliphatic heterocycles. The van der Waals surface area contributed by atoms with E-state index in [1.807, 2.05) is 0 Å². The molecule has 0 radical (unpaired) electrons. The number of urea groups is 1. The Balaban J connectivity index is 2.35. The van der Waals surface area contributed by atoms with Crippen molar-refractivity contribution < 1.29 is 23.1 Å². The zero-order valence-corrected chi connectivity index (χ0v) is 12.0. The van der Waals surface area contributed by atoms with Gasteiger partial charge in [0, 0.05) is 19.5 Å². The van der Waals surface area contributed by atoms with Gasteiger partial charge in [-0.3, -0.25) is 4.79 Å². The summed E-state index contributed by atoms with van der Waals surface area (Å²) in [6.45, 7) is 0.484. The van der Waals surface area contributed by atoms with Crippen molar-refractivity contribution in [3.05, 3.63) is 29.8 Å².